The summed E-state index contributed by atoms with van der Waals surface area (Å²) in [6.45, 7) is -0.539. The molecular weight excluding hydrogens is 418 g/mol. The molecule has 1 aliphatic rings. The van der Waals surface area contributed by atoms with Crippen molar-refractivity contribution in [2.75, 3.05) is 6.61 Å². The van der Waals surface area contributed by atoms with Gasteiger partial charge in [-0.05, 0) is 24.3 Å². The van der Waals surface area contributed by atoms with Gasteiger partial charge in [-0.3, -0.25) is 19.1 Å². The van der Waals surface area contributed by atoms with Gasteiger partial charge >= 0.3 is 5.69 Å². The van der Waals surface area contributed by atoms with E-state index in [0.717, 1.165) is 4.57 Å². The van der Waals surface area contributed by atoms with Crippen LogP contribution in [0.5, 0.6) is 0 Å². The van der Waals surface area contributed by atoms with Crippen molar-refractivity contribution in [3.8, 4) is 0 Å². The second-order valence-corrected chi connectivity index (χ2v) is 7.24. The van der Waals surface area contributed by atoms with Crippen LogP contribution in [0.3, 0.4) is 0 Å². The van der Waals surface area contributed by atoms with Gasteiger partial charge in [-0.1, -0.05) is 0 Å². The first-order valence-corrected chi connectivity index (χ1v) is 9.29. The minimum absolute atomic E-state index is 0.125. The molecule has 1 saturated heterocycles. The molecule has 0 spiro atoms. The van der Waals surface area contributed by atoms with Gasteiger partial charge in [0.15, 0.2) is 0 Å². The molecule has 0 bridgehead atoms. The molecule has 1 fully saturated rings. The molecule has 5 N–H and O–H groups in total. The Balaban J connectivity index is 1.44. The third-order valence-electron chi connectivity index (χ3n) is 5.12. The number of hydrogen-bond donors (Lipinski definition) is 5. The Kier molecular flexibility index (Phi) is 5.43. The van der Waals surface area contributed by atoms with Crippen molar-refractivity contribution in [1.82, 2.24) is 19.9 Å². The Morgan fingerprint density at radius 3 is 2.74 bits per heavy atom. The Hall–Kier alpha value is -3.35. The van der Waals surface area contributed by atoms with Crippen LogP contribution in [0, 0.1) is 11.6 Å². The number of aromatic nitrogens is 3. The first-order valence-electron chi connectivity index (χ1n) is 9.29. The Labute approximate surface area is 172 Å². The van der Waals surface area contributed by atoms with Crippen molar-refractivity contribution in [3.05, 3.63) is 68.6 Å². The second-order valence-electron chi connectivity index (χ2n) is 7.24. The predicted octanol–water partition coefficient (Wildman–Crippen LogP) is -0.785. The van der Waals surface area contributed by atoms with E-state index in [1.165, 1.54) is 24.3 Å². The third kappa shape index (κ3) is 4.13. The fourth-order valence-electron chi connectivity index (χ4n) is 3.45. The van der Waals surface area contributed by atoms with Crippen molar-refractivity contribution >= 4 is 16.8 Å². The van der Waals surface area contributed by atoms with Crippen molar-refractivity contribution in [1.29, 1.82) is 0 Å². The number of halogens is 2. The van der Waals surface area contributed by atoms with E-state index in [1.807, 2.05) is 0 Å². The lowest BCUT2D eigenvalue weighted by atomic mass is 9.97. The van der Waals surface area contributed by atoms with E-state index in [1.54, 1.807) is 4.98 Å². The van der Waals surface area contributed by atoms with Gasteiger partial charge in [-0.15, -0.1) is 0 Å². The van der Waals surface area contributed by atoms with Gasteiger partial charge in [0.1, 0.15) is 29.8 Å². The summed E-state index contributed by atoms with van der Waals surface area (Å²) in [5.41, 5.74) is -1.40. The molecule has 4 rings (SSSR count). The van der Waals surface area contributed by atoms with E-state index in [2.05, 4.69) is 10.3 Å². The van der Waals surface area contributed by atoms with Crippen LogP contribution in [0.1, 0.15) is 10.5 Å². The third-order valence-corrected chi connectivity index (χ3v) is 5.12. The maximum Gasteiger partial charge on any atom is 0.328 e. The molecule has 3 aromatic rings. The molecule has 10 nitrogen and oxygen atoms in total. The zero-order valence-electron chi connectivity index (χ0n) is 15.8. The number of nitrogens with one attached hydrogen (secondary N) is 3. The summed E-state index contributed by atoms with van der Waals surface area (Å²) in [7, 11) is 0. The predicted molar refractivity (Wildman–Crippen MR) is 103 cm³/mol. The van der Waals surface area contributed by atoms with E-state index < -0.39 is 53.1 Å². The zero-order chi connectivity index (χ0) is 22.3. The van der Waals surface area contributed by atoms with Crippen LogP contribution in [0.25, 0.3) is 10.9 Å². The molecular formula is C19H18F2N4O6. The van der Waals surface area contributed by atoms with Crippen LogP contribution in [-0.2, 0) is 11.3 Å². The number of carbonyl (C=O) groups excluding carboxylic acids is 1. The maximum absolute atomic E-state index is 13.4. The molecule has 31 heavy (non-hydrogen) atoms. The Bertz CT molecular complexity index is 1250. The number of fused-ring (bicyclic) bond motifs is 1. The SMILES string of the molecule is O=C(N[C@@H]1CO[C@H](Cn2cc(F)c(=O)[nH]c2=O)[C@@H](O)[C@H]1O)c1cc2cc(F)ccc2[nH]1. The van der Waals surface area contributed by atoms with Gasteiger partial charge in [-0.25, -0.2) is 9.18 Å². The molecule has 1 aromatic carbocycles. The van der Waals surface area contributed by atoms with E-state index in [4.69, 9.17) is 4.74 Å². The number of hydrogen-bond acceptors (Lipinski definition) is 6. The smallest absolute Gasteiger partial charge is 0.328 e. The van der Waals surface area contributed by atoms with Gasteiger partial charge in [0.25, 0.3) is 11.5 Å². The highest BCUT2D eigenvalue weighted by Crippen LogP contribution is 2.19. The summed E-state index contributed by atoms with van der Waals surface area (Å²) in [5.74, 6) is -2.24. The molecule has 164 valence electrons. The minimum Gasteiger partial charge on any atom is -0.388 e. The fourth-order valence-corrected chi connectivity index (χ4v) is 3.45. The zero-order valence-corrected chi connectivity index (χ0v) is 15.8. The highest BCUT2D eigenvalue weighted by Gasteiger charge is 2.39. The molecule has 0 aliphatic carbocycles. The van der Waals surface area contributed by atoms with Gasteiger partial charge in [0.05, 0.1) is 25.4 Å². The minimum atomic E-state index is -1.52. The first-order chi connectivity index (χ1) is 14.7. The Morgan fingerprint density at radius 1 is 1.19 bits per heavy atom. The molecule has 0 saturated carbocycles. The number of aliphatic hydroxyl groups is 2. The average Bonchev–Trinajstić information content (AvgIpc) is 3.14. The van der Waals surface area contributed by atoms with Crippen LogP contribution in [-0.4, -0.2) is 61.6 Å². The number of H-pyrrole nitrogens is 2. The normalized spacial score (nSPS) is 23.7. The molecule has 1 aliphatic heterocycles. The van der Waals surface area contributed by atoms with Crippen molar-refractivity contribution in [2.45, 2.75) is 30.9 Å². The molecule has 1 amide bonds. The van der Waals surface area contributed by atoms with Crippen LogP contribution in [0.4, 0.5) is 8.78 Å². The highest BCUT2D eigenvalue weighted by molar-refractivity contribution is 5.98. The van der Waals surface area contributed by atoms with Crippen LogP contribution in [0.2, 0.25) is 0 Å². The highest BCUT2D eigenvalue weighted by atomic mass is 19.1. The number of ether oxygens (including phenoxy) is 1. The summed E-state index contributed by atoms with van der Waals surface area (Å²) in [4.78, 5) is 40.0. The van der Waals surface area contributed by atoms with Gasteiger partial charge in [-0.2, -0.15) is 4.39 Å². The quantitative estimate of drug-likeness (QED) is 0.362. The molecule has 12 heteroatoms. The summed E-state index contributed by atoms with van der Waals surface area (Å²) in [6, 6.07) is 4.45. The molecule has 0 unspecified atom stereocenters. The van der Waals surface area contributed by atoms with Crippen LogP contribution in [0.15, 0.2) is 40.1 Å². The number of carbonyl (C=O) groups is 1. The van der Waals surface area contributed by atoms with E-state index in [9.17, 15) is 33.4 Å². The monoisotopic (exact) mass is 436 g/mol. The van der Waals surface area contributed by atoms with Crippen LogP contribution >= 0.6 is 0 Å². The lowest BCUT2D eigenvalue weighted by Gasteiger charge is -2.38. The van der Waals surface area contributed by atoms with Gasteiger partial charge in [0.2, 0.25) is 5.82 Å². The summed E-state index contributed by atoms with van der Waals surface area (Å²) in [6.07, 6.45) is -3.39. The van der Waals surface area contributed by atoms with Crippen molar-refractivity contribution in [3.63, 3.8) is 0 Å². The van der Waals surface area contributed by atoms with E-state index in [0.29, 0.717) is 17.1 Å². The lowest BCUT2D eigenvalue weighted by molar-refractivity contribution is -0.152. The lowest BCUT2D eigenvalue weighted by Crippen LogP contribution is -2.60. The molecule has 4 atom stereocenters. The Morgan fingerprint density at radius 2 is 1.97 bits per heavy atom. The number of amides is 1. The standard InChI is InChI=1S/C19H18F2N4O6/c20-9-1-2-11-8(3-9)4-12(22-11)18(29)23-13-7-31-14(16(27)15(13)26)6-25-5-10(21)17(28)24-19(25)30/h1-5,13-16,22,26-27H,6-7H2,(H,23,29)(H,24,28,30)/t13-,14-,15+,16-/m1/s1. The number of nitrogens with zero attached hydrogens (tertiary/aromatic N) is 1. The van der Waals surface area contributed by atoms with Crippen molar-refractivity contribution < 1.29 is 28.5 Å². The maximum atomic E-state index is 13.4. The number of aromatic amines is 2. The van der Waals surface area contributed by atoms with Crippen LogP contribution < -0.4 is 16.6 Å². The topological polar surface area (TPSA) is 149 Å². The molecule has 2 aromatic heterocycles. The van der Waals surface area contributed by atoms with Crippen molar-refractivity contribution in [2.24, 2.45) is 0 Å². The molecule has 0 radical (unpaired) electrons. The molecule has 3 heterocycles. The fraction of sp³-hybridized carbons (Fsp3) is 0.316. The summed E-state index contributed by atoms with van der Waals surface area (Å²) in [5, 5.41) is 23.8. The number of aliphatic hydroxyl groups excluding tert-OH is 2. The van der Waals surface area contributed by atoms with E-state index >= 15 is 0 Å². The first kappa shape index (κ1) is 20.9. The summed E-state index contributed by atoms with van der Waals surface area (Å²) < 4.78 is 33.0. The van der Waals surface area contributed by atoms with Gasteiger partial charge < -0.3 is 25.3 Å². The number of rotatable bonds is 4. The second kappa shape index (κ2) is 8.06. The largest absolute Gasteiger partial charge is 0.388 e. The summed E-state index contributed by atoms with van der Waals surface area (Å²) >= 11 is 0. The number of benzene rings is 1. The van der Waals surface area contributed by atoms with E-state index in [-0.39, 0.29) is 18.8 Å². The van der Waals surface area contributed by atoms with Gasteiger partial charge in [0, 0.05) is 10.9 Å². The average molecular weight is 436 g/mol.